The zero-order valence-corrected chi connectivity index (χ0v) is 5.52. The Morgan fingerprint density at radius 2 is 2.56 bits per heavy atom. The average molecular weight is 122 g/mol. The van der Waals surface area contributed by atoms with Crippen molar-refractivity contribution in [2.75, 3.05) is 0 Å². The van der Waals surface area contributed by atoms with Crippen molar-refractivity contribution < 1.29 is 0 Å². The van der Waals surface area contributed by atoms with Gasteiger partial charge in [0.05, 0.1) is 5.69 Å². The second kappa shape index (κ2) is 2.49. The van der Waals surface area contributed by atoms with Gasteiger partial charge in [-0.15, -0.1) is 0 Å². The Kier molecular flexibility index (Phi) is 1.68. The van der Waals surface area contributed by atoms with Crippen molar-refractivity contribution in [1.82, 2.24) is 4.98 Å². The monoisotopic (exact) mass is 122 g/mol. The van der Waals surface area contributed by atoms with E-state index in [1.807, 2.05) is 12.3 Å². The molecule has 0 amide bonds. The molecule has 0 aliphatic carbocycles. The van der Waals surface area contributed by atoms with E-state index in [1.54, 1.807) is 0 Å². The van der Waals surface area contributed by atoms with E-state index in [1.165, 1.54) is 0 Å². The van der Waals surface area contributed by atoms with E-state index in [0.29, 0.717) is 0 Å². The van der Waals surface area contributed by atoms with Crippen molar-refractivity contribution >= 4 is 12.4 Å². The lowest BCUT2D eigenvalue weighted by Crippen LogP contribution is -1.76. The molecule has 0 saturated heterocycles. The standard InChI is InChI=1S/C7H10N2/c1-3-6-7(8-2)4-5-9-6/h4-5,9H,2-3H2,1H3. The quantitative estimate of drug-likeness (QED) is 0.580. The summed E-state index contributed by atoms with van der Waals surface area (Å²) in [6.45, 7) is 5.53. The van der Waals surface area contributed by atoms with Crippen molar-refractivity contribution in [2.45, 2.75) is 13.3 Å². The predicted molar refractivity (Wildman–Crippen MR) is 39.4 cm³/mol. The second-order valence-electron chi connectivity index (χ2n) is 1.85. The van der Waals surface area contributed by atoms with Crippen LogP contribution in [0.4, 0.5) is 5.69 Å². The van der Waals surface area contributed by atoms with Crippen LogP contribution in [0, 0.1) is 0 Å². The van der Waals surface area contributed by atoms with Gasteiger partial charge in [-0.25, -0.2) is 0 Å². The Labute approximate surface area is 54.6 Å². The molecule has 0 atom stereocenters. The molecule has 9 heavy (non-hydrogen) atoms. The summed E-state index contributed by atoms with van der Waals surface area (Å²) in [7, 11) is 0. The van der Waals surface area contributed by atoms with Crippen LogP contribution in [0.15, 0.2) is 17.3 Å². The SMILES string of the molecule is C=Nc1cc[nH]c1CC. The summed E-state index contributed by atoms with van der Waals surface area (Å²) in [6, 6.07) is 1.92. The highest BCUT2D eigenvalue weighted by Crippen LogP contribution is 2.15. The maximum absolute atomic E-state index is 3.82. The molecule has 0 unspecified atom stereocenters. The minimum Gasteiger partial charge on any atom is -0.363 e. The third-order valence-corrected chi connectivity index (χ3v) is 1.33. The Bertz CT molecular complexity index is 200. The fraction of sp³-hybridized carbons (Fsp3) is 0.286. The summed E-state index contributed by atoms with van der Waals surface area (Å²) in [6.07, 6.45) is 2.87. The molecule has 2 nitrogen and oxygen atoms in total. The van der Waals surface area contributed by atoms with Gasteiger partial charge >= 0.3 is 0 Å². The molecule has 2 heteroatoms. The van der Waals surface area contributed by atoms with Crippen molar-refractivity contribution in [3.8, 4) is 0 Å². The van der Waals surface area contributed by atoms with E-state index in [9.17, 15) is 0 Å². The highest BCUT2D eigenvalue weighted by atomic mass is 14.8. The van der Waals surface area contributed by atoms with Crippen LogP contribution >= 0.6 is 0 Å². The van der Waals surface area contributed by atoms with Crippen molar-refractivity contribution in [3.05, 3.63) is 18.0 Å². The van der Waals surface area contributed by atoms with Gasteiger partial charge in [-0.3, -0.25) is 4.99 Å². The molecule has 0 aliphatic rings. The molecule has 1 rings (SSSR count). The van der Waals surface area contributed by atoms with Crippen molar-refractivity contribution in [2.24, 2.45) is 4.99 Å². The molecule has 0 aliphatic heterocycles. The molecule has 1 heterocycles. The van der Waals surface area contributed by atoms with Crippen LogP contribution in [-0.4, -0.2) is 11.7 Å². The van der Waals surface area contributed by atoms with E-state index in [2.05, 4.69) is 23.6 Å². The Morgan fingerprint density at radius 1 is 1.78 bits per heavy atom. The molecule has 0 bridgehead atoms. The summed E-state index contributed by atoms with van der Waals surface area (Å²) in [5.74, 6) is 0. The van der Waals surface area contributed by atoms with Crippen LogP contribution < -0.4 is 0 Å². The highest BCUT2D eigenvalue weighted by molar-refractivity contribution is 5.48. The van der Waals surface area contributed by atoms with Gasteiger partial charge in [0, 0.05) is 11.9 Å². The molecule has 0 aromatic carbocycles. The maximum Gasteiger partial charge on any atom is 0.0829 e. The van der Waals surface area contributed by atoms with Crippen LogP contribution in [0.1, 0.15) is 12.6 Å². The molecular formula is C7H10N2. The summed E-state index contributed by atoms with van der Waals surface area (Å²) in [5.41, 5.74) is 2.13. The van der Waals surface area contributed by atoms with Crippen LogP contribution in [0.2, 0.25) is 0 Å². The summed E-state index contributed by atoms with van der Waals surface area (Å²) >= 11 is 0. The number of hydrogen-bond acceptors (Lipinski definition) is 1. The van der Waals surface area contributed by atoms with Gasteiger partial charge < -0.3 is 4.98 Å². The third-order valence-electron chi connectivity index (χ3n) is 1.33. The van der Waals surface area contributed by atoms with Crippen LogP contribution in [-0.2, 0) is 6.42 Å². The number of hydrogen-bond donors (Lipinski definition) is 1. The Hall–Kier alpha value is -1.05. The number of aliphatic imine (C=N–C) groups is 1. The first-order valence-electron chi connectivity index (χ1n) is 3.01. The number of nitrogens with one attached hydrogen (secondary N) is 1. The zero-order chi connectivity index (χ0) is 6.69. The number of rotatable bonds is 2. The fourth-order valence-corrected chi connectivity index (χ4v) is 0.827. The lowest BCUT2D eigenvalue weighted by atomic mass is 10.3. The maximum atomic E-state index is 3.82. The normalized spacial score (nSPS) is 9.44. The second-order valence-corrected chi connectivity index (χ2v) is 1.85. The lowest BCUT2D eigenvalue weighted by Gasteiger charge is -1.90. The number of nitrogens with zero attached hydrogens (tertiary/aromatic N) is 1. The Balaban J connectivity index is 2.98. The summed E-state index contributed by atoms with van der Waals surface area (Å²) < 4.78 is 0. The summed E-state index contributed by atoms with van der Waals surface area (Å²) in [4.78, 5) is 6.89. The average Bonchev–Trinajstić information content (AvgIpc) is 2.33. The van der Waals surface area contributed by atoms with Gasteiger partial charge in [-0.05, 0) is 19.2 Å². The van der Waals surface area contributed by atoms with E-state index in [-0.39, 0.29) is 0 Å². The molecule has 1 aromatic rings. The first-order valence-corrected chi connectivity index (χ1v) is 3.01. The number of aryl methyl sites for hydroxylation is 1. The Morgan fingerprint density at radius 3 is 3.00 bits per heavy atom. The number of aromatic amines is 1. The minimum absolute atomic E-state index is 0.970. The van der Waals surface area contributed by atoms with Crippen LogP contribution in [0.25, 0.3) is 0 Å². The van der Waals surface area contributed by atoms with Gasteiger partial charge in [0.2, 0.25) is 0 Å². The molecule has 0 radical (unpaired) electrons. The van der Waals surface area contributed by atoms with Gasteiger partial charge in [-0.1, -0.05) is 6.92 Å². The van der Waals surface area contributed by atoms with Crippen LogP contribution in [0.5, 0.6) is 0 Å². The largest absolute Gasteiger partial charge is 0.363 e. The lowest BCUT2D eigenvalue weighted by molar-refractivity contribution is 1.06. The van der Waals surface area contributed by atoms with Crippen molar-refractivity contribution in [3.63, 3.8) is 0 Å². The highest BCUT2D eigenvalue weighted by Gasteiger charge is 1.95. The fourth-order valence-electron chi connectivity index (χ4n) is 0.827. The van der Waals surface area contributed by atoms with E-state index < -0.39 is 0 Å². The van der Waals surface area contributed by atoms with Gasteiger partial charge in [-0.2, -0.15) is 0 Å². The van der Waals surface area contributed by atoms with Gasteiger partial charge in [0.25, 0.3) is 0 Å². The van der Waals surface area contributed by atoms with E-state index in [4.69, 9.17) is 0 Å². The zero-order valence-electron chi connectivity index (χ0n) is 5.52. The minimum atomic E-state index is 0.970. The van der Waals surface area contributed by atoms with Gasteiger partial charge in [0.15, 0.2) is 0 Å². The molecular weight excluding hydrogens is 112 g/mol. The molecule has 0 fully saturated rings. The predicted octanol–water partition coefficient (Wildman–Crippen LogP) is 1.91. The van der Waals surface area contributed by atoms with Crippen molar-refractivity contribution in [1.29, 1.82) is 0 Å². The number of aromatic nitrogens is 1. The molecule has 0 saturated carbocycles. The summed E-state index contributed by atoms with van der Waals surface area (Å²) in [5, 5.41) is 0. The number of H-pyrrole nitrogens is 1. The van der Waals surface area contributed by atoms with Gasteiger partial charge in [0.1, 0.15) is 0 Å². The topological polar surface area (TPSA) is 28.1 Å². The molecule has 1 aromatic heterocycles. The molecule has 0 spiro atoms. The first-order chi connectivity index (χ1) is 4.38. The smallest absolute Gasteiger partial charge is 0.0829 e. The first kappa shape index (κ1) is 6.08. The van der Waals surface area contributed by atoms with E-state index in [0.717, 1.165) is 17.8 Å². The third kappa shape index (κ3) is 1.02. The molecule has 48 valence electrons. The molecule has 1 N–H and O–H groups in total. The van der Waals surface area contributed by atoms with E-state index >= 15 is 0 Å². The van der Waals surface area contributed by atoms with Crippen LogP contribution in [0.3, 0.4) is 0 Å².